The minimum Gasteiger partial charge on any atom is -0.506 e. The average molecular weight is 357 g/mol. The van der Waals surface area contributed by atoms with Crippen LogP contribution in [-0.2, 0) is 0 Å². The van der Waals surface area contributed by atoms with Gasteiger partial charge in [0.2, 0.25) is 5.13 Å². The molecule has 0 atom stereocenters. The van der Waals surface area contributed by atoms with E-state index >= 15 is 0 Å². The van der Waals surface area contributed by atoms with Crippen LogP contribution in [0.5, 0.6) is 5.75 Å². The Labute approximate surface area is 134 Å². The molecule has 0 spiro atoms. The summed E-state index contributed by atoms with van der Waals surface area (Å²) in [6.07, 6.45) is -2.87. The molecule has 1 aromatic carbocycles. The molecule has 2 N–H and O–H groups in total. The third-order valence-electron chi connectivity index (χ3n) is 2.92. The van der Waals surface area contributed by atoms with Crippen LogP contribution >= 0.6 is 11.3 Å². The molecule has 3 aromatic rings. The number of aromatic nitrogens is 2. The number of rotatable bonds is 3. The van der Waals surface area contributed by atoms with Gasteiger partial charge in [-0.15, -0.1) is 10.2 Å². The smallest absolute Gasteiger partial charge is 0.353 e. The number of halogens is 3. The van der Waals surface area contributed by atoms with E-state index in [0.717, 1.165) is 18.2 Å². The van der Waals surface area contributed by atoms with Crippen LogP contribution < -0.4 is 10.9 Å². The number of carbonyl (C=O) groups excluding carboxylic acids is 1. The molecule has 0 aliphatic rings. The summed E-state index contributed by atoms with van der Waals surface area (Å²) in [6.45, 7) is 0. The molecule has 0 aliphatic carbocycles. The lowest BCUT2D eigenvalue weighted by atomic mass is 10.1. The molecule has 0 saturated heterocycles. The molecule has 1 amide bonds. The number of anilines is 1. The van der Waals surface area contributed by atoms with Gasteiger partial charge in [-0.1, -0.05) is 11.3 Å². The predicted octanol–water partition coefficient (Wildman–Crippen LogP) is 2.68. The molecule has 11 heteroatoms. The van der Waals surface area contributed by atoms with Crippen molar-refractivity contribution in [3.8, 4) is 5.75 Å². The standard InChI is InChI=1S/C13H6F3N3O4S/c14-4-1-2-6-5(3-4)8(20)7(12(22)23-6)10(21)17-13-19-18-11(24-13)9(15)16/h1-3,9,20H,(H,17,19,21). The Morgan fingerprint density at radius 1 is 1.33 bits per heavy atom. The molecular formula is C13H6F3N3O4S. The summed E-state index contributed by atoms with van der Waals surface area (Å²) in [7, 11) is 0. The zero-order valence-corrected chi connectivity index (χ0v) is 12.2. The van der Waals surface area contributed by atoms with Crippen LogP contribution in [0.1, 0.15) is 21.8 Å². The fourth-order valence-corrected chi connectivity index (χ4v) is 2.49. The summed E-state index contributed by atoms with van der Waals surface area (Å²) in [6, 6.07) is 3.01. The molecule has 3 rings (SSSR count). The topological polar surface area (TPSA) is 105 Å². The number of hydrogen-bond donors (Lipinski definition) is 2. The van der Waals surface area contributed by atoms with Crippen molar-refractivity contribution in [3.05, 3.63) is 45.0 Å². The van der Waals surface area contributed by atoms with Crippen molar-refractivity contribution in [1.82, 2.24) is 10.2 Å². The molecule has 0 unspecified atom stereocenters. The van der Waals surface area contributed by atoms with E-state index in [-0.39, 0.29) is 16.1 Å². The molecule has 0 fully saturated rings. The molecule has 24 heavy (non-hydrogen) atoms. The highest BCUT2D eigenvalue weighted by atomic mass is 32.1. The fourth-order valence-electron chi connectivity index (χ4n) is 1.89. The molecule has 0 bridgehead atoms. The third kappa shape index (κ3) is 2.80. The van der Waals surface area contributed by atoms with Crippen LogP contribution in [0.25, 0.3) is 11.0 Å². The van der Waals surface area contributed by atoms with Crippen LogP contribution in [-0.4, -0.2) is 21.2 Å². The number of alkyl halides is 2. The fraction of sp³-hybridized carbons (Fsp3) is 0.0769. The van der Waals surface area contributed by atoms with E-state index < -0.39 is 40.1 Å². The molecule has 2 heterocycles. The first-order valence-corrected chi connectivity index (χ1v) is 7.06. The quantitative estimate of drug-likeness (QED) is 0.698. The highest BCUT2D eigenvalue weighted by Crippen LogP contribution is 2.29. The minimum absolute atomic E-state index is 0.119. The van der Waals surface area contributed by atoms with Crippen molar-refractivity contribution in [3.63, 3.8) is 0 Å². The SMILES string of the molecule is O=C(Nc1nnc(C(F)F)s1)c1c(O)c2cc(F)ccc2oc1=O. The molecule has 124 valence electrons. The summed E-state index contributed by atoms with van der Waals surface area (Å²) in [5, 5.41) is 17.5. The molecule has 7 nitrogen and oxygen atoms in total. The number of hydrogen-bond acceptors (Lipinski definition) is 7. The third-order valence-corrected chi connectivity index (χ3v) is 3.76. The largest absolute Gasteiger partial charge is 0.506 e. The Kier molecular flexibility index (Phi) is 3.93. The Bertz CT molecular complexity index is 1000. The maximum atomic E-state index is 13.3. The summed E-state index contributed by atoms with van der Waals surface area (Å²) in [5.74, 6) is -2.66. The maximum absolute atomic E-state index is 13.3. The second-order valence-electron chi connectivity index (χ2n) is 4.45. The van der Waals surface area contributed by atoms with Crippen molar-refractivity contribution in [2.75, 3.05) is 5.32 Å². The van der Waals surface area contributed by atoms with Crippen LogP contribution in [0.15, 0.2) is 27.4 Å². The summed E-state index contributed by atoms with van der Waals surface area (Å²) < 4.78 is 43.0. The van der Waals surface area contributed by atoms with Crippen LogP contribution in [0, 0.1) is 5.82 Å². The van der Waals surface area contributed by atoms with Gasteiger partial charge in [0.05, 0.1) is 5.39 Å². The lowest BCUT2D eigenvalue weighted by Crippen LogP contribution is -2.21. The highest BCUT2D eigenvalue weighted by Gasteiger charge is 2.23. The van der Waals surface area contributed by atoms with E-state index in [9.17, 15) is 27.9 Å². The molecule has 2 aromatic heterocycles. The van der Waals surface area contributed by atoms with E-state index in [1.54, 1.807) is 0 Å². The Hall–Kier alpha value is -2.95. The van der Waals surface area contributed by atoms with Gasteiger partial charge >= 0.3 is 5.63 Å². The van der Waals surface area contributed by atoms with Gasteiger partial charge in [-0.3, -0.25) is 10.1 Å². The number of carbonyl (C=O) groups is 1. The van der Waals surface area contributed by atoms with Gasteiger partial charge in [-0.05, 0) is 18.2 Å². The Morgan fingerprint density at radius 3 is 2.75 bits per heavy atom. The van der Waals surface area contributed by atoms with Crippen molar-refractivity contribution < 1.29 is 27.5 Å². The van der Waals surface area contributed by atoms with Crippen molar-refractivity contribution in [2.45, 2.75) is 6.43 Å². The van der Waals surface area contributed by atoms with Gasteiger partial charge in [0.15, 0.2) is 10.6 Å². The van der Waals surface area contributed by atoms with Crippen molar-refractivity contribution in [2.24, 2.45) is 0 Å². The number of benzene rings is 1. The monoisotopic (exact) mass is 357 g/mol. The van der Waals surface area contributed by atoms with Crippen LogP contribution in [0.4, 0.5) is 18.3 Å². The van der Waals surface area contributed by atoms with E-state index in [0.29, 0.717) is 11.3 Å². The number of nitrogens with one attached hydrogen (secondary N) is 1. The lowest BCUT2D eigenvalue weighted by molar-refractivity contribution is 0.102. The lowest BCUT2D eigenvalue weighted by Gasteiger charge is -2.05. The first-order valence-electron chi connectivity index (χ1n) is 6.25. The van der Waals surface area contributed by atoms with E-state index in [4.69, 9.17) is 4.42 Å². The van der Waals surface area contributed by atoms with Crippen LogP contribution in [0.3, 0.4) is 0 Å². The van der Waals surface area contributed by atoms with Gasteiger partial charge in [-0.2, -0.15) is 0 Å². The zero-order chi connectivity index (χ0) is 17.4. The second-order valence-corrected chi connectivity index (χ2v) is 5.46. The van der Waals surface area contributed by atoms with Gasteiger partial charge in [0.1, 0.15) is 17.1 Å². The average Bonchev–Trinajstić information content (AvgIpc) is 2.97. The zero-order valence-electron chi connectivity index (χ0n) is 11.4. The van der Waals surface area contributed by atoms with Crippen molar-refractivity contribution >= 4 is 33.3 Å². The normalized spacial score (nSPS) is 11.2. The summed E-state index contributed by atoms with van der Waals surface area (Å²) in [4.78, 5) is 23.9. The van der Waals surface area contributed by atoms with E-state index in [1.807, 2.05) is 0 Å². The number of nitrogens with zero attached hydrogens (tertiary/aromatic N) is 2. The minimum atomic E-state index is -2.87. The predicted molar refractivity (Wildman–Crippen MR) is 76.9 cm³/mol. The van der Waals surface area contributed by atoms with Gasteiger partial charge in [-0.25, -0.2) is 18.0 Å². The van der Waals surface area contributed by atoms with Gasteiger partial charge in [0, 0.05) is 0 Å². The maximum Gasteiger partial charge on any atom is 0.353 e. The van der Waals surface area contributed by atoms with E-state index in [2.05, 4.69) is 15.5 Å². The summed E-state index contributed by atoms with van der Waals surface area (Å²) >= 11 is 0.403. The van der Waals surface area contributed by atoms with Crippen molar-refractivity contribution in [1.29, 1.82) is 0 Å². The highest BCUT2D eigenvalue weighted by molar-refractivity contribution is 7.15. The summed E-state index contributed by atoms with van der Waals surface area (Å²) in [5.41, 5.74) is -2.10. The molecular weight excluding hydrogens is 351 g/mol. The Balaban J connectivity index is 2.01. The second kappa shape index (κ2) is 5.92. The molecule has 0 aliphatic heterocycles. The number of amides is 1. The molecule has 0 saturated carbocycles. The van der Waals surface area contributed by atoms with E-state index in [1.165, 1.54) is 0 Å². The Morgan fingerprint density at radius 2 is 2.08 bits per heavy atom. The number of aromatic hydroxyl groups is 1. The first-order chi connectivity index (χ1) is 11.4. The van der Waals surface area contributed by atoms with Crippen LogP contribution in [0.2, 0.25) is 0 Å². The number of fused-ring (bicyclic) bond motifs is 1. The molecule has 0 radical (unpaired) electrons. The first kappa shape index (κ1) is 15.9. The van der Waals surface area contributed by atoms with Gasteiger partial charge < -0.3 is 9.52 Å². The van der Waals surface area contributed by atoms with Gasteiger partial charge in [0.25, 0.3) is 12.3 Å².